The summed E-state index contributed by atoms with van der Waals surface area (Å²) >= 11 is 0. The minimum atomic E-state index is -0.542. The number of aromatic nitrogens is 2. The lowest BCUT2D eigenvalue weighted by molar-refractivity contribution is -0.141. The van der Waals surface area contributed by atoms with Gasteiger partial charge in [-0.15, -0.1) is 24.8 Å². The Hall–Kier alpha value is -1.15. The summed E-state index contributed by atoms with van der Waals surface area (Å²) in [5.74, 6) is 0.662. The van der Waals surface area contributed by atoms with Gasteiger partial charge in [-0.1, -0.05) is 0 Å². The molecular formula is C12H21Cl2N5O2. The molecular weight excluding hydrogens is 317 g/mol. The van der Waals surface area contributed by atoms with Crippen molar-refractivity contribution in [2.75, 3.05) is 44.7 Å². The summed E-state index contributed by atoms with van der Waals surface area (Å²) in [5, 5.41) is 0. The molecule has 2 heterocycles. The fourth-order valence-corrected chi connectivity index (χ4v) is 2.08. The first kappa shape index (κ1) is 19.9. The van der Waals surface area contributed by atoms with Gasteiger partial charge in [0, 0.05) is 52.2 Å². The quantitative estimate of drug-likeness (QED) is 0.828. The van der Waals surface area contributed by atoms with E-state index in [1.165, 1.54) is 7.11 Å². The van der Waals surface area contributed by atoms with Gasteiger partial charge in [0.15, 0.2) is 0 Å². The fraction of sp³-hybridized carbons (Fsp3) is 0.583. The lowest BCUT2D eigenvalue weighted by Crippen LogP contribution is -2.53. The fourth-order valence-electron chi connectivity index (χ4n) is 2.08. The topological polar surface area (TPSA) is 84.6 Å². The van der Waals surface area contributed by atoms with Crippen molar-refractivity contribution in [3.8, 4) is 0 Å². The van der Waals surface area contributed by atoms with Gasteiger partial charge in [-0.25, -0.2) is 9.97 Å². The second-order valence-electron chi connectivity index (χ2n) is 4.32. The number of hydrogen-bond donors (Lipinski definition) is 1. The van der Waals surface area contributed by atoms with Crippen LogP contribution in [0.25, 0.3) is 0 Å². The van der Waals surface area contributed by atoms with E-state index < -0.39 is 6.10 Å². The number of piperazine rings is 1. The number of amides is 1. The first-order valence-electron chi connectivity index (χ1n) is 6.30. The third-order valence-electron chi connectivity index (χ3n) is 3.20. The average Bonchev–Trinajstić information content (AvgIpc) is 2.49. The van der Waals surface area contributed by atoms with Gasteiger partial charge < -0.3 is 20.3 Å². The van der Waals surface area contributed by atoms with Gasteiger partial charge in [0.05, 0.1) is 0 Å². The predicted octanol–water partition coefficient (Wildman–Crippen LogP) is -0.0575. The molecule has 0 radical (unpaired) electrons. The molecule has 21 heavy (non-hydrogen) atoms. The maximum atomic E-state index is 12.1. The van der Waals surface area contributed by atoms with Crippen LogP contribution in [-0.4, -0.2) is 66.7 Å². The molecule has 1 aromatic rings. The molecule has 1 aromatic heterocycles. The van der Waals surface area contributed by atoms with Crippen molar-refractivity contribution in [3.63, 3.8) is 0 Å². The van der Waals surface area contributed by atoms with Crippen molar-refractivity contribution in [3.05, 3.63) is 18.5 Å². The summed E-state index contributed by atoms with van der Waals surface area (Å²) < 4.78 is 5.07. The number of halogens is 2. The SMILES string of the molecule is COC(CN)C(=O)N1CCN(c2ncccn2)CC1.Cl.Cl. The third kappa shape index (κ3) is 4.96. The first-order valence-corrected chi connectivity index (χ1v) is 6.30. The molecule has 120 valence electrons. The van der Waals surface area contributed by atoms with E-state index in [4.69, 9.17) is 10.5 Å². The first-order chi connectivity index (χ1) is 9.26. The smallest absolute Gasteiger partial charge is 0.253 e. The van der Waals surface area contributed by atoms with E-state index in [0.29, 0.717) is 19.0 Å². The number of rotatable bonds is 4. The van der Waals surface area contributed by atoms with Gasteiger partial charge in [0.1, 0.15) is 6.10 Å². The molecule has 2 rings (SSSR count). The van der Waals surface area contributed by atoms with Crippen LogP contribution in [0.5, 0.6) is 0 Å². The van der Waals surface area contributed by atoms with E-state index in [9.17, 15) is 4.79 Å². The van der Waals surface area contributed by atoms with Gasteiger partial charge in [-0.3, -0.25) is 4.79 Å². The monoisotopic (exact) mass is 337 g/mol. The Morgan fingerprint density at radius 1 is 1.29 bits per heavy atom. The molecule has 1 aliphatic rings. The molecule has 1 unspecified atom stereocenters. The highest BCUT2D eigenvalue weighted by Crippen LogP contribution is 2.10. The van der Waals surface area contributed by atoms with Crippen LogP contribution < -0.4 is 10.6 Å². The van der Waals surface area contributed by atoms with Crippen LogP contribution in [0, 0.1) is 0 Å². The van der Waals surface area contributed by atoms with Crippen LogP contribution in [0.15, 0.2) is 18.5 Å². The highest BCUT2D eigenvalue weighted by atomic mass is 35.5. The van der Waals surface area contributed by atoms with E-state index in [-0.39, 0.29) is 37.3 Å². The predicted molar refractivity (Wildman–Crippen MR) is 85.2 cm³/mol. The van der Waals surface area contributed by atoms with Gasteiger partial charge in [0.2, 0.25) is 5.95 Å². The van der Waals surface area contributed by atoms with E-state index >= 15 is 0 Å². The second-order valence-corrected chi connectivity index (χ2v) is 4.32. The summed E-state index contributed by atoms with van der Waals surface area (Å²) in [7, 11) is 1.50. The van der Waals surface area contributed by atoms with Crippen molar-refractivity contribution < 1.29 is 9.53 Å². The van der Waals surface area contributed by atoms with Crippen molar-refractivity contribution >= 4 is 36.7 Å². The zero-order valence-corrected chi connectivity index (χ0v) is 13.5. The summed E-state index contributed by atoms with van der Waals surface area (Å²) in [5.41, 5.74) is 5.51. The van der Waals surface area contributed by atoms with Crippen molar-refractivity contribution in [2.24, 2.45) is 5.73 Å². The molecule has 2 N–H and O–H groups in total. The van der Waals surface area contributed by atoms with E-state index in [1.807, 2.05) is 0 Å². The summed E-state index contributed by atoms with van der Waals surface area (Å²) in [6, 6.07) is 1.79. The van der Waals surface area contributed by atoms with E-state index in [0.717, 1.165) is 13.1 Å². The minimum Gasteiger partial charge on any atom is -0.370 e. The van der Waals surface area contributed by atoms with Crippen LogP contribution in [0.2, 0.25) is 0 Å². The molecule has 0 aromatic carbocycles. The molecule has 0 bridgehead atoms. The molecule has 9 heteroatoms. The Balaban J connectivity index is 0.00000200. The largest absolute Gasteiger partial charge is 0.370 e. The maximum absolute atomic E-state index is 12.1. The molecule has 7 nitrogen and oxygen atoms in total. The molecule has 1 fully saturated rings. The zero-order chi connectivity index (χ0) is 13.7. The molecule has 1 saturated heterocycles. The molecule has 1 atom stereocenters. The number of nitrogens with zero attached hydrogens (tertiary/aromatic N) is 4. The zero-order valence-electron chi connectivity index (χ0n) is 11.8. The lowest BCUT2D eigenvalue weighted by Gasteiger charge is -2.35. The number of carbonyl (C=O) groups is 1. The van der Waals surface area contributed by atoms with Gasteiger partial charge in [0.25, 0.3) is 5.91 Å². The Morgan fingerprint density at radius 2 is 1.86 bits per heavy atom. The summed E-state index contributed by atoms with van der Waals surface area (Å²) in [4.78, 5) is 24.3. The van der Waals surface area contributed by atoms with Crippen molar-refractivity contribution in [1.29, 1.82) is 0 Å². The Kier molecular flexibility index (Phi) is 9.19. The van der Waals surface area contributed by atoms with Crippen molar-refractivity contribution in [1.82, 2.24) is 14.9 Å². The molecule has 0 aliphatic carbocycles. The standard InChI is InChI=1S/C12H19N5O2.2ClH/c1-19-10(9-13)11(18)16-5-7-17(8-6-16)12-14-3-2-4-15-12;;/h2-4,10H,5-9,13H2,1H3;2*1H. The van der Waals surface area contributed by atoms with E-state index in [2.05, 4.69) is 14.9 Å². The number of nitrogens with two attached hydrogens (primary N) is 1. The molecule has 1 amide bonds. The van der Waals surface area contributed by atoms with Crippen LogP contribution in [0.1, 0.15) is 0 Å². The molecule has 1 aliphatic heterocycles. The highest BCUT2D eigenvalue weighted by Gasteiger charge is 2.27. The second kappa shape index (κ2) is 9.73. The maximum Gasteiger partial charge on any atom is 0.253 e. The highest BCUT2D eigenvalue weighted by molar-refractivity contribution is 5.85. The van der Waals surface area contributed by atoms with Gasteiger partial charge >= 0.3 is 0 Å². The lowest BCUT2D eigenvalue weighted by atomic mass is 10.2. The average molecular weight is 338 g/mol. The van der Waals surface area contributed by atoms with Crippen LogP contribution in [0.4, 0.5) is 5.95 Å². The van der Waals surface area contributed by atoms with Gasteiger partial charge in [-0.2, -0.15) is 0 Å². The van der Waals surface area contributed by atoms with Crippen LogP contribution in [0.3, 0.4) is 0 Å². The molecule has 0 spiro atoms. The van der Waals surface area contributed by atoms with Crippen LogP contribution in [-0.2, 0) is 9.53 Å². The summed E-state index contributed by atoms with van der Waals surface area (Å²) in [6.45, 7) is 2.92. The normalized spacial score (nSPS) is 15.7. The number of ether oxygens (including phenoxy) is 1. The number of anilines is 1. The number of hydrogen-bond acceptors (Lipinski definition) is 6. The summed E-state index contributed by atoms with van der Waals surface area (Å²) in [6.07, 6.45) is 2.89. The number of carbonyl (C=O) groups excluding carboxylic acids is 1. The van der Waals surface area contributed by atoms with Crippen molar-refractivity contribution in [2.45, 2.75) is 6.10 Å². The Morgan fingerprint density at radius 3 is 2.33 bits per heavy atom. The number of methoxy groups -OCH3 is 1. The van der Waals surface area contributed by atoms with Crippen LogP contribution >= 0.6 is 24.8 Å². The third-order valence-corrected chi connectivity index (χ3v) is 3.20. The Bertz CT molecular complexity index is 411. The molecule has 0 saturated carbocycles. The van der Waals surface area contributed by atoms with Gasteiger partial charge in [-0.05, 0) is 6.07 Å². The minimum absolute atomic E-state index is 0. The van der Waals surface area contributed by atoms with E-state index in [1.54, 1.807) is 23.4 Å². The Labute approximate surface area is 136 Å².